The third-order valence-corrected chi connectivity index (χ3v) is 4.97. The second-order valence-corrected chi connectivity index (χ2v) is 6.32. The summed E-state index contributed by atoms with van der Waals surface area (Å²) in [4.78, 5) is 25.5. The van der Waals surface area contributed by atoms with Gasteiger partial charge in [-0.3, -0.25) is 4.79 Å². The first kappa shape index (κ1) is 15.6. The monoisotopic (exact) mass is 318 g/mol. The van der Waals surface area contributed by atoms with Gasteiger partial charge in [-0.1, -0.05) is 24.6 Å². The molecule has 2 aliphatic rings. The molecule has 23 heavy (non-hydrogen) atoms. The minimum Gasteiger partial charge on any atom is -0.492 e. The van der Waals surface area contributed by atoms with E-state index in [0.717, 1.165) is 18.6 Å². The molecule has 3 rings (SSSR count). The summed E-state index contributed by atoms with van der Waals surface area (Å²) in [5.74, 6) is 0.0938. The van der Waals surface area contributed by atoms with Crippen molar-refractivity contribution in [2.75, 3.05) is 26.2 Å². The van der Waals surface area contributed by atoms with Crippen LogP contribution in [0.4, 0.5) is 4.79 Å². The molecular formula is C17H22N2O4. The van der Waals surface area contributed by atoms with Crippen molar-refractivity contribution in [3.63, 3.8) is 0 Å². The second kappa shape index (κ2) is 6.48. The fraction of sp³-hybridized carbons (Fsp3) is 0.529. The van der Waals surface area contributed by atoms with Crippen LogP contribution < -0.4 is 10.1 Å². The van der Waals surface area contributed by atoms with Crippen molar-refractivity contribution < 1.29 is 19.4 Å². The van der Waals surface area contributed by atoms with Gasteiger partial charge in [0.1, 0.15) is 12.4 Å². The van der Waals surface area contributed by atoms with Gasteiger partial charge in [-0.2, -0.15) is 0 Å². The molecule has 6 heteroatoms. The van der Waals surface area contributed by atoms with Crippen LogP contribution in [0.15, 0.2) is 30.3 Å². The molecule has 6 nitrogen and oxygen atoms in total. The molecule has 1 heterocycles. The van der Waals surface area contributed by atoms with E-state index in [-0.39, 0.29) is 11.9 Å². The van der Waals surface area contributed by atoms with E-state index in [2.05, 4.69) is 5.32 Å². The molecular weight excluding hydrogens is 296 g/mol. The Kier molecular flexibility index (Phi) is 4.41. The maximum Gasteiger partial charge on any atom is 0.317 e. The Bertz CT molecular complexity index is 577. The molecule has 1 saturated carbocycles. The molecule has 1 aliphatic heterocycles. The molecule has 0 aromatic heterocycles. The molecule has 2 N–H and O–H groups in total. The average molecular weight is 318 g/mol. The smallest absolute Gasteiger partial charge is 0.317 e. The highest BCUT2D eigenvalue weighted by Gasteiger charge is 2.55. The largest absolute Gasteiger partial charge is 0.492 e. The Morgan fingerprint density at radius 3 is 2.83 bits per heavy atom. The second-order valence-electron chi connectivity index (χ2n) is 6.32. The standard InChI is InChI=1S/C17H22N2O4/c20-15(21)17-8-4-5-13(17)11-19(12-17)16(22)18-9-10-23-14-6-2-1-3-7-14/h1-3,6-7,13H,4-5,8-12H2,(H,18,22)(H,20,21)/t13-,17+/m0/s1. The molecule has 0 bridgehead atoms. The lowest BCUT2D eigenvalue weighted by atomic mass is 9.81. The van der Waals surface area contributed by atoms with Crippen LogP contribution in [-0.2, 0) is 4.79 Å². The molecule has 2 atom stereocenters. The minimum atomic E-state index is -0.761. The molecule has 1 aromatic carbocycles. The highest BCUT2D eigenvalue weighted by atomic mass is 16.5. The van der Waals surface area contributed by atoms with Gasteiger partial charge in [0.05, 0.1) is 12.0 Å². The van der Waals surface area contributed by atoms with Crippen molar-refractivity contribution in [2.45, 2.75) is 19.3 Å². The number of para-hydroxylation sites is 1. The van der Waals surface area contributed by atoms with Crippen LogP contribution >= 0.6 is 0 Å². The number of carbonyl (C=O) groups is 2. The van der Waals surface area contributed by atoms with Crippen molar-refractivity contribution in [3.8, 4) is 5.75 Å². The van der Waals surface area contributed by atoms with Gasteiger partial charge in [-0.05, 0) is 30.9 Å². The normalized spacial score (nSPS) is 25.9. The zero-order valence-corrected chi connectivity index (χ0v) is 13.0. The van der Waals surface area contributed by atoms with Crippen molar-refractivity contribution in [1.82, 2.24) is 10.2 Å². The van der Waals surface area contributed by atoms with Crippen LogP contribution in [0.5, 0.6) is 5.75 Å². The number of rotatable bonds is 5. The van der Waals surface area contributed by atoms with E-state index >= 15 is 0 Å². The Labute approximate surface area is 135 Å². The Hall–Kier alpha value is -2.24. The number of ether oxygens (including phenoxy) is 1. The number of aliphatic carboxylic acids is 1. The fourth-order valence-corrected chi connectivity index (χ4v) is 3.75. The van der Waals surface area contributed by atoms with E-state index < -0.39 is 11.4 Å². The quantitative estimate of drug-likeness (QED) is 0.814. The third kappa shape index (κ3) is 3.11. The number of benzene rings is 1. The zero-order valence-electron chi connectivity index (χ0n) is 13.0. The average Bonchev–Trinajstić information content (AvgIpc) is 3.10. The molecule has 1 aliphatic carbocycles. The molecule has 0 unspecified atom stereocenters. The molecule has 1 aromatic rings. The summed E-state index contributed by atoms with van der Waals surface area (Å²) in [6.45, 7) is 1.64. The van der Waals surface area contributed by atoms with Crippen LogP contribution in [0.25, 0.3) is 0 Å². The lowest BCUT2D eigenvalue weighted by molar-refractivity contribution is -0.149. The van der Waals surface area contributed by atoms with Crippen LogP contribution in [0.2, 0.25) is 0 Å². The van der Waals surface area contributed by atoms with Crippen LogP contribution in [0, 0.1) is 11.3 Å². The number of hydrogen-bond acceptors (Lipinski definition) is 3. The van der Waals surface area contributed by atoms with Gasteiger partial charge < -0.3 is 20.1 Å². The van der Waals surface area contributed by atoms with E-state index in [1.165, 1.54) is 0 Å². The number of hydrogen-bond donors (Lipinski definition) is 2. The first-order valence-electron chi connectivity index (χ1n) is 8.06. The van der Waals surface area contributed by atoms with Crippen molar-refractivity contribution >= 4 is 12.0 Å². The first-order chi connectivity index (χ1) is 11.1. The lowest BCUT2D eigenvalue weighted by Gasteiger charge is -2.23. The summed E-state index contributed by atoms with van der Waals surface area (Å²) in [5, 5.41) is 12.3. The Balaban J connectivity index is 1.45. The molecule has 1 saturated heterocycles. The van der Waals surface area contributed by atoms with Gasteiger partial charge in [-0.25, -0.2) is 4.79 Å². The van der Waals surface area contributed by atoms with Crippen LogP contribution in [-0.4, -0.2) is 48.2 Å². The fourth-order valence-electron chi connectivity index (χ4n) is 3.75. The summed E-state index contributed by atoms with van der Waals surface area (Å²) < 4.78 is 5.52. The number of likely N-dealkylation sites (tertiary alicyclic amines) is 1. The van der Waals surface area contributed by atoms with E-state index in [1.54, 1.807) is 4.90 Å². The number of carbonyl (C=O) groups excluding carboxylic acids is 1. The SMILES string of the molecule is O=C(NCCOc1ccccc1)N1C[C@@H]2CCC[C@@]2(C(=O)O)C1. The van der Waals surface area contributed by atoms with Gasteiger partial charge in [0, 0.05) is 13.1 Å². The number of urea groups is 1. The maximum absolute atomic E-state index is 12.2. The lowest BCUT2D eigenvalue weighted by Crippen LogP contribution is -2.42. The summed E-state index contributed by atoms with van der Waals surface area (Å²) in [6, 6.07) is 9.22. The number of amides is 2. The van der Waals surface area contributed by atoms with Crippen LogP contribution in [0.1, 0.15) is 19.3 Å². The Morgan fingerprint density at radius 2 is 2.13 bits per heavy atom. The van der Waals surface area contributed by atoms with Gasteiger partial charge in [0.25, 0.3) is 0 Å². The molecule has 2 amide bonds. The molecule has 0 radical (unpaired) electrons. The maximum atomic E-state index is 12.2. The summed E-state index contributed by atoms with van der Waals surface area (Å²) in [5.41, 5.74) is -0.724. The van der Waals surface area contributed by atoms with E-state index in [0.29, 0.717) is 32.7 Å². The third-order valence-electron chi connectivity index (χ3n) is 4.97. The number of nitrogens with one attached hydrogen (secondary N) is 1. The van der Waals surface area contributed by atoms with E-state index in [1.807, 2.05) is 30.3 Å². The highest BCUT2D eigenvalue weighted by Crippen LogP contribution is 2.48. The van der Waals surface area contributed by atoms with Crippen molar-refractivity contribution in [2.24, 2.45) is 11.3 Å². The predicted molar refractivity (Wildman–Crippen MR) is 84.3 cm³/mol. The van der Waals surface area contributed by atoms with Gasteiger partial charge in [0.15, 0.2) is 0 Å². The number of carboxylic acid groups (broad SMARTS) is 1. The summed E-state index contributed by atoms with van der Waals surface area (Å²) in [7, 11) is 0. The molecule has 0 spiro atoms. The van der Waals surface area contributed by atoms with E-state index in [9.17, 15) is 14.7 Å². The minimum absolute atomic E-state index is 0.0892. The first-order valence-corrected chi connectivity index (χ1v) is 8.06. The van der Waals surface area contributed by atoms with Crippen molar-refractivity contribution in [3.05, 3.63) is 30.3 Å². The van der Waals surface area contributed by atoms with Gasteiger partial charge in [0.2, 0.25) is 0 Å². The topological polar surface area (TPSA) is 78.9 Å². The summed E-state index contributed by atoms with van der Waals surface area (Å²) >= 11 is 0. The number of carboxylic acids is 1. The number of fused-ring (bicyclic) bond motifs is 1. The van der Waals surface area contributed by atoms with Crippen molar-refractivity contribution in [1.29, 1.82) is 0 Å². The zero-order chi connectivity index (χ0) is 16.3. The van der Waals surface area contributed by atoms with Crippen LogP contribution in [0.3, 0.4) is 0 Å². The molecule has 124 valence electrons. The molecule has 2 fully saturated rings. The number of nitrogens with zero attached hydrogens (tertiary/aromatic N) is 1. The van der Waals surface area contributed by atoms with Gasteiger partial charge >= 0.3 is 12.0 Å². The highest BCUT2D eigenvalue weighted by molar-refractivity contribution is 5.80. The van der Waals surface area contributed by atoms with Gasteiger partial charge in [-0.15, -0.1) is 0 Å². The summed E-state index contributed by atoms with van der Waals surface area (Å²) in [6.07, 6.45) is 2.51. The van der Waals surface area contributed by atoms with E-state index in [4.69, 9.17) is 4.74 Å². The Morgan fingerprint density at radius 1 is 1.35 bits per heavy atom. The predicted octanol–water partition coefficient (Wildman–Crippen LogP) is 1.96.